The van der Waals surface area contributed by atoms with Gasteiger partial charge < -0.3 is 4.74 Å². The number of alkyl halides is 3. The normalized spacial score (nSPS) is 15.1. The van der Waals surface area contributed by atoms with Crippen molar-refractivity contribution in [2.75, 3.05) is 6.61 Å². The van der Waals surface area contributed by atoms with E-state index in [2.05, 4.69) is 11.3 Å². The first-order chi connectivity index (χ1) is 7.46. The van der Waals surface area contributed by atoms with Gasteiger partial charge in [0.15, 0.2) is 6.61 Å². The van der Waals surface area contributed by atoms with Gasteiger partial charge in [-0.2, -0.15) is 13.2 Å². The van der Waals surface area contributed by atoms with E-state index in [4.69, 9.17) is 0 Å². The lowest BCUT2D eigenvalue weighted by molar-refractivity contribution is -0.153. The molecule has 0 aliphatic heterocycles. The Bertz CT molecular complexity index is 421. The zero-order valence-electron chi connectivity index (χ0n) is 8.60. The van der Waals surface area contributed by atoms with Crippen molar-refractivity contribution in [2.45, 2.75) is 19.0 Å². The second-order valence-corrected chi connectivity index (χ2v) is 3.83. The number of hydrogen-bond acceptors (Lipinski definition) is 1. The summed E-state index contributed by atoms with van der Waals surface area (Å²) in [6, 6.07) is 5.01. The molecule has 1 nitrogen and oxygen atoms in total. The number of hydrogen-bond donors (Lipinski definition) is 0. The molecule has 2 rings (SSSR count). The van der Waals surface area contributed by atoms with Crippen LogP contribution in [0.5, 0.6) is 5.75 Å². The summed E-state index contributed by atoms with van der Waals surface area (Å²) in [4.78, 5) is 0. The lowest BCUT2D eigenvalue weighted by Gasteiger charge is -2.10. The minimum atomic E-state index is -4.30. The Hall–Kier alpha value is -1.45. The Kier molecular flexibility index (Phi) is 2.66. The van der Waals surface area contributed by atoms with Crippen LogP contribution >= 0.6 is 0 Å². The van der Waals surface area contributed by atoms with E-state index < -0.39 is 12.8 Å². The van der Waals surface area contributed by atoms with Crippen molar-refractivity contribution >= 4 is 5.57 Å². The van der Waals surface area contributed by atoms with E-state index in [9.17, 15) is 13.2 Å². The van der Waals surface area contributed by atoms with Gasteiger partial charge in [-0.15, -0.1) is 0 Å². The fraction of sp³-hybridized carbons (Fsp3) is 0.333. The third-order valence-corrected chi connectivity index (χ3v) is 2.56. The molecular weight excluding hydrogens is 217 g/mol. The van der Waals surface area contributed by atoms with E-state index >= 15 is 0 Å². The highest BCUT2D eigenvalue weighted by Gasteiger charge is 2.28. The maximum atomic E-state index is 11.9. The van der Waals surface area contributed by atoms with Crippen LogP contribution in [0.15, 0.2) is 24.8 Å². The Morgan fingerprint density at radius 2 is 2.00 bits per heavy atom. The minimum Gasteiger partial charge on any atom is -0.484 e. The molecule has 1 aliphatic carbocycles. The molecule has 0 N–H and O–H groups in total. The number of fused-ring (bicyclic) bond motifs is 1. The van der Waals surface area contributed by atoms with Crippen molar-refractivity contribution in [1.82, 2.24) is 0 Å². The van der Waals surface area contributed by atoms with Crippen LogP contribution in [0, 0.1) is 0 Å². The van der Waals surface area contributed by atoms with Crippen LogP contribution in [0.4, 0.5) is 13.2 Å². The third-order valence-electron chi connectivity index (χ3n) is 2.56. The number of halogens is 3. The molecule has 0 saturated carbocycles. The SMILES string of the molecule is C=C1CCc2ccc(OCC(F)(F)F)cc21. The molecule has 0 atom stereocenters. The second kappa shape index (κ2) is 3.85. The Morgan fingerprint density at radius 3 is 2.69 bits per heavy atom. The molecule has 86 valence electrons. The van der Waals surface area contributed by atoms with Gasteiger partial charge >= 0.3 is 6.18 Å². The molecule has 0 heterocycles. The first-order valence-electron chi connectivity index (χ1n) is 4.96. The van der Waals surface area contributed by atoms with Crippen LogP contribution in [-0.2, 0) is 6.42 Å². The topological polar surface area (TPSA) is 9.23 Å². The zero-order valence-corrected chi connectivity index (χ0v) is 8.60. The predicted molar refractivity (Wildman–Crippen MR) is 55.3 cm³/mol. The molecule has 0 unspecified atom stereocenters. The molecule has 1 aromatic carbocycles. The Labute approximate surface area is 91.5 Å². The van der Waals surface area contributed by atoms with Crippen LogP contribution in [-0.4, -0.2) is 12.8 Å². The molecule has 4 heteroatoms. The maximum Gasteiger partial charge on any atom is 0.422 e. The van der Waals surface area contributed by atoms with Crippen molar-refractivity contribution in [3.8, 4) is 5.75 Å². The lowest BCUT2D eigenvalue weighted by Crippen LogP contribution is -2.19. The molecule has 1 aromatic rings. The van der Waals surface area contributed by atoms with E-state index in [1.165, 1.54) is 0 Å². The third kappa shape index (κ3) is 2.38. The van der Waals surface area contributed by atoms with Crippen LogP contribution in [0.3, 0.4) is 0 Å². The van der Waals surface area contributed by atoms with Crippen molar-refractivity contribution in [3.05, 3.63) is 35.9 Å². The first-order valence-corrected chi connectivity index (χ1v) is 4.96. The van der Waals surface area contributed by atoms with Crippen molar-refractivity contribution in [3.63, 3.8) is 0 Å². The standard InChI is InChI=1S/C12H11F3O/c1-8-2-3-9-4-5-10(6-11(8)9)16-7-12(13,14)15/h4-6H,1-3,7H2. The average molecular weight is 228 g/mol. The first kappa shape index (κ1) is 11.0. The molecule has 1 aliphatic rings. The van der Waals surface area contributed by atoms with E-state index in [1.807, 2.05) is 0 Å². The van der Waals surface area contributed by atoms with Crippen LogP contribution < -0.4 is 4.74 Å². The highest BCUT2D eigenvalue weighted by Crippen LogP contribution is 2.33. The highest BCUT2D eigenvalue weighted by molar-refractivity contribution is 5.71. The lowest BCUT2D eigenvalue weighted by atomic mass is 10.1. The van der Waals surface area contributed by atoms with Gasteiger partial charge in [-0.25, -0.2) is 0 Å². The predicted octanol–water partition coefficient (Wildman–Crippen LogP) is 3.59. The molecule has 0 saturated heterocycles. The zero-order chi connectivity index (χ0) is 11.8. The van der Waals surface area contributed by atoms with Crippen LogP contribution in [0.25, 0.3) is 5.57 Å². The Morgan fingerprint density at radius 1 is 1.25 bits per heavy atom. The highest BCUT2D eigenvalue weighted by atomic mass is 19.4. The fourth-order valence-electron chi connectivity index (χ4n) is 1.78. The number of benzene rings is 1. The number of allylic oxidation sites excluding steroid dienone is 1. The summed E-state index contributed by atoms with van der Waals surface area (Å²) in [6.45, 7) is 2.62. The fourth-order valence-corrected chi connectivity index (χ4v) is 1.78. The van der Waals surface area contributed by atoms with E-state index in [0.29, 0.717) is 0 Å². The van der Waals surface area contributed by atoms with Gasteiger partial charge in [0, 0.05) is 0 Å². The smallest absolute Gasteiger partial charge is 0.422 e. The van der Waals surface area contributed by atoms with Gasteiger partial charge in [-0.1, -0.05) is 12.6 Å². The maximum absolute atomic E-state index is 11.9. The molecule has 0 spiro atoms. The summed E-state index contributed by atoms with van der Waals surface area (Å²) in [5, 5.41) is 0. The summed E-state index contributed by atoms with van der Waals surface area (Å²) in [6.07, 6.45) is -2.51. The summed E-state index contributed by atoms with van der Waals surface area (Å²) in [5.74, 6) is 0.249. The van der Waals surface area contributed by atoms with Crippen LogP contribution in [0.2, 0.25) is 0 Å². The average Bonchev–Trinajstić information content (AvgIpc) is 2.56. The summed E-state index contributed by atoms with van der Waals surface area (Å²) in [5.41, 5.74) is 3.02. The molecule has 0 amide bonds. The van der Waals surface area contributed by atoms with Gasteiger partial charge in [0.05, 0.1) is 0 Å². The molecule has 0 aromatic heterocycles. The van der Waals surface area contributed by atoms with Gasteiger partial charge in [0.1, 0.15) is 5.75 Å². The number of ether oxygens (including phenoxy) is 1. The quantitative estimate of drug-likeness (QED) is 0.751. The van der Waals surface area contributed by atoms with Gasteiger partial charge in [0.25, 0.3) is 0 Å². The molecule has 0 bridgehead atoms. The van der Waals surface area contributed by atoms with Crippen molar-refractivity contribution in [1.29, 1.82) is 0 Å². The number of rotatable bonds is 2. The van der Waals surface area contributed by atoms with Crippen molar-refractivity contribution < 1.29 is 17.9 Å². The summed E-state index contributed by atoms with van der Waals surface area (Å²) >= 11 is 0. The summed E-state index contributed by atoms with van der Waals surface area (Å²) in [7, 11) is 0. The summed E-state index contributed by atoms with van der Waals surface area (Å²) < 4.78 is 40.5. The van der Waals surface area contributed by atoms with Gasteiger partial charge in [0.2, 0.25) is 0 Å². The molecule has 0 fully saturated rings. The Balaban J connectivity index is 2.13. The number of aryl methyl sites for hydroxylation is 1. The van der Waals surface area contributed by atoms with E-state index in [-0.39, 0.29) is 5.75 Å². The van der Waals surface area contributed by atoms with Crippen LogP contribution in [0.1, 0.15) is 17.5 Å². The van der Waals surface area contributed by atoms with E-state index in [1.54, 1.807) is 18.2 Å². The second-order valence-electron chi connectivity index (χ2n) is 3.83. The van der Waals surface area contributed by atoms with E-state index in [0.717, 1.165) is 29.5 Å². The monoisotopic (exact) mass is 228 g/mol. The minimum absolute atomic E-state index is 0.249. The molecule has 16 heavy (non-hydrogen) atoms. The largest absolute Gasteiger partial charge is 0.484 e. The van der Waals surface area contributed by atoms with Gasteiger partial charge in [-0.3, -0.25) is 0 Å². The molecular formula is C12H11F3O. The van der Waals surface area contributed by atoms with Gasteiger partial charge in [-0.05, 0) is 41.7 Å². The van der Waals surface area contributed by atoms with Crippen molar-refractivity contribution in [2.24, 2.45) is 0 Å². The molecule has 0 radical (unpaired) electrons.